The van der Waals surface area contributed by atoms with Gasteiger partial charge in [0, 0.05) is 17.7 Å². The summed E-state index contributed by atoms with van der Waals surface area (Å²) in [7, 11) is 0. The first-order valence-corrected chi connectivity index (χ1v) is 8.14. The van der Waals surface area contributed by atoms with Crippen LogP contribution in [-0.2, 0) is 9.59 Å². The topological polar surface area (TPSA) is 95.1 Å². The maximum absolute atomic E-state index is 12.3. The lowest BCUT2D eigenvalue weighted by atomic mass is 9.77. The molecule has 2 N–H and O–H groups in total. The third-order valence-electron chi connectivity index (χ3n) is 4.74. The van der Waals surface area contributed by atoms with Crippen molar-refractivity contribution in [3.8, 4) is 0 Å². The highest BCUT2D eigenvalue weighted by Crippen LogP contribution is 2.51. The summed E-state index contributed by atoms with van der Waals surface area (Å²) in [6.07, 6.45) is 4.43. The third kappa shape index (κ3) is 1.76. The summed E-state index contributed by atoms with van der Waals surface area (Å²) in [5, 5.41) is 19.5. The zero-order valence-corrected chi connectivity index (χ0v) is 13.3. The van der Waals surface area contributed by atoms with Crippen LogP contribution in [-0.4, -0.2) is 48.5 Å². The van der Waals surface area contributed by atoms with Crippen LogP contribution in [0.4, 0.5) is 0 Å². The number of carboxylic acids is 1. The van der Waals surface area contributed by atoms with Crippen molar-refractivity contribution in [1.82, 2.24) is 14.3 Å². The predicted molar refractivity (Wildman–Crippen MR) is 82.6 cm³/mol. The van der Waals surface area contributed by atoms with E-state index in [9.17, 15) is 19.8 Å². The Bertz CT molecular complexity index is 837. The zero-order chi connectivity index (χ0) is 16.5. The number of fused-ring (bicyclic) bond motifs is 2. The van der Waals surface area contributed by atoms with Crippen LogP contribution in [0.1, 0.15) is 18.7 Å². The highest BCUT2D eigenvalue weighted by Gasteiger charge is 2.60. The lowest BCUT2D eigenvalue weighted by Gasteiger charge is -2.46. The fourth-order valence-corrected chi connectivity index (χ4v) is 4.85. The fourth-order valence-electron chi connectivity index (χ4n) is 3.75. The molecule has 120 valence electrons. The molecule has 7 nitrogen and oxygen atoms in total. The van der Waals surface area contributed by atoms with Gasteiger partial charge < -0.3 is 15.1 Å². The van der Waals surface area contributed by atoms with Crippen LogP contribution in [0, 0.1) is 11.8 Å². The van der Waals surface area contributed by atoms with Gasteiger partial charge in [0.05, 0.1) is 35.5 Å². The maximum atomic E-state index is 12.3. The molecule has 2 aromatic heterocycles. The lowest BCUT2D eigenvalue weighted by molar-refractivity contribution is -0.163. The lowest BCUT2D eigenvalue weighted by Crippen LogP contribution is -2.63. The fraction of sp³-hybridized carbons (Fsp3) is 0.400. The van der Waals surface area contributed by atoms with Crippen molar-refractivity contribution in [3.63, 3.8) is 0 Å². The Morgan fingerprint density at radius 2 is 2.22 bits per heavy atom. The van der Waals surface area contributed by atoms with E-state index in [0.29, 0.717) is 5.57 Å². The number of aliphatic carboxylic acids is 1. The first-order chi connectivity index (χ1) is 10.9. The summed E-state index contributed by atoms with van der Waals surface area (Å²) in [6.45, 7) is 3.49. The molecule has 0 spiro atoms. The molecule has 4 heterocycles. The molecule has 2 aliphatic rings. The number of thiazole rings is 1. The maximum Gasteiger partial charge on any atom is 0.352 e. The molecular formula is C15H15N3O4S. The Kier molecular flexibility index (Phi) is 2.91. The highest BCUT2D eigenvalue weighted by atomic mass is 32.1. The smallest absolute Gasteiger partial charge is 0.352 e. The molecule has 1 fully saturated rings. The molecule has 0 saturated carbocycles. The average molecular weight is 333 g/mol. The number of carbonyl (C=O) groups is 2. The Hall–Kier alpha value is -2.19. The molecule has 4 rings (SSSR count). The number of imidazole rings is 1. The summed E-state index contributed by atoms with van der Waals surface area (Å²) < 4.78 is 1.84. The van der Waals surface area contributed by atoms with E-state index in [-0.39, 0.29) is 23.6 Å². The number of nitrogens with zero attached hydrogens (tertiary/aromatic N) is 3. The average Bonchev–Trinajstić information content (AvgIpc) is 3.08. The first kappa shape index (κ1) is 14.4. The van der Waals surface area contributed by atoms with E-state index in [0.717, 1.165) is 9.71 Å². The van der Waals surface area contributed by atoms with Crippen LogP contribution in [0.15, 0.2) is 24.4 Å². The molecule has 0 aromatic carbocycles. The van der Waals surface area contributed by atoms with Crippen molar-refractivity contribution >= 4 is 33.6 Å². The van der Waals surface area contributed by atoms with Crippen LogP contribution in [0.25, 0.3) is 10.4 Å². The number of carbonyl (C=O) groups excluding carboxylic acids is 1. The van der Waals surface area contributed by atoms with Gasteiger partial charge in [0.15, 0.2) is 0 Å². The number of hydrogen-bond donors (Lipinski definition) is 2. The molecule has 2 aromatic rings. The molecule has 0 unspecified atom stereocenters. The number of carboxylic acid groups (broad SMARTS) is 1. The van der Waals surface area contributed by atoms with Gasteiger partial charge in [-0.1, -0.05) is 6.92 Å². The van der Waals surface area contributed by atoms with Crippen LogP contribution in [0.5, 0.6) is 0 Å². The number of aliphatic hydroxyl groups excluding tert-OH is 1. The minimum absolute atomic E-state index is 0.0434. The van der Waals surface area contributed by atoms with Crippen molar-refractivity contribution in [2.45, 2.75) is 26.0 Å². The molecule has 4 atom stereocenters. The van der Waals surface area contributed by atoms with Crippen LogP contribution in [0.2, 0.25) is 0 Å². The Balaban J connectivity index is 1.85. The van der Waals surface area contributed by atoms with E-state index < -0.39 is 18.0 Å². The molecule has 0 aliphatic carbocycles. The van der Waals surface area contributed by atoms with Gasteiger partial charge in [0.1, 0.15) is 10.5 Å². The van der Waals surface area contributed by atoms with E-state index in [2.05, 4.69) is 4.98 Å². The SMILES string of the molecule is C[C@@H](O)[C@H]1C(=O)N2C(C(=O)O)=C(c3cn4cncc4s3)[C@H](C)[C@H]12. The minimum Gasteiger partial charge on any atom is -0.477 e. The molecule has 0 bridgehead atoms. The summed E-state index contributed by atoms with van der Waals surface area (Å²) in [5.74, 6) is -2.10. The minimum atomic E-state index is -1.11. The van der Waals surface area contributed by atoms with E-state index in [1.54, 1.807) is 19.4 Å². The van der Waals surface area contributed by atoms with Gasteiger partial charge in [-0.15, -0.1) is 11.3 Å². The normalized spacial score (nSPS) is 28.2. The number of amides is 1. The van der Waals surface area contributed by atoms with Gasteiger partial charge in [-0.25, -0.2) is 9.78 Å². The first-order valence-electron chi connectivity index (χ1n) is 7.32. The molecule has 2 aliphatic heterocycles. The second-order valence-corrected chi connectivity index (χ2v) is 7.12. The molecular weight excluding hydrogens is 318 g/mol. The quantitative estimate of drug-likeness (QED) is 0.819. The predicted octanol–water partition coefficient (Wildman–Crippen LogP) is 1.05. The number of aromatic nitrogens is 2. The highest BCUT2D eigenvalue weighted by molar-refractivity contribution is 7.18. The Morgan fingerprint density at radius 3 is 2.83 bits per heavy atom. The van der Waals surface area contributed by atoms with E-state index >= 15 is 0 Å². The number of hydrogen-bond acceptors (Lipinski definition) is 5. The van der Waals surface area contributed by atoms with Crippen LogP contribution in [0.3, 0.4) is 0 Å². The van der Waals surface area contributed by atoms with Gasteiger partial charge in [-0.05, 0) is 6.92 Å². The van der Waals surface area contributed by atoms with Gasteiger partial charge in [-0.2, -0.15) is 0 Å². The summed E-state index contributed by atoms with van der Waals surface area (Å²) in [6, 6.07) is -0.289. The van der Waals surface area contributed by atoms with E-state index in [1.165, 1.54) is 16.2 Å². The Labute approximate surface area is 135 Å². The molecule has 1 amide bonds. The van der Waals surface area contributed by atoms with Gasteiger partial charge in [0.2, 0.25) is 5.91 Å². The van der Waals surface area contributed by atoms with Gasteiger partial charge in [0.25, 0.3) is 0 Å². The summed E-state index contributed by atoms with van der Waals surface area (Å²) in [5.41, 5.74) is 0.703. The summed E-state index contributed by atoms with van der Waals surface area (Å²) >= 11 is 1.45. The zero-order valence-electron chi connectivity index (χ0n) is 12.5. The number of β-lactam (4-membered cyclic amide) rings is 1. The van der Waals surface area contributed by atoms with Crippen molar-refractivity contribution in [2.75, 3.05) is 0 Å². The van der Waals surface area contributed by atoms with Crippen molar-refractivity contribution in [1.29, 1.82) is 0 Å². The third-order valence-corrected chi connectivity index (χ3v) is 5.81. The monoisotopic (exact) mass is 333 g/mol. The summed E-state index contributed by atoms with van der Waals surface area (Å²) in [4.78, 5) is 31.2. The molecule has 0 radical (unpaired) electrons. The largest absolute Gasteiger partial charge is 0.477 e. The molecule has 23 heavy (non-hydrogen) atoms. The van der Waals surface area contributed by atoms with Crippen molar-refractivity contribution in [2.24, 2.45) is 11.8 Å². The molecule has 1 saturated heterocycles. The van der Waals surface area contributed by atoms with Crippen LogP contribution >= 0.6 is 11.3 Å². The number of aliphatic hydroxyl groups is 1. The standard InChI is InChI=1S/C15H15N3O4S/c1-6-10(8-4-17-5-16-3-9(17)23-8)13(15(21)22)18-12(6)11(7(2)19)14(18)20/h3-7,11-12,19H,1-2H3,(H,21,22)/t6-,7+,11+,12+/m0/s1. The van der Waals surface area contributed by atoms with Gasteiger partial charge >= 0.3 is 5.97 Å². The molecule has 8 heteroatoms. The van der Waals surface area contributed by atoms with Crippen molar-refractivity contribution < 1.29 is 19.8 Å². The second-order valence-electron chi connectivity index (χ2n) is 6.06. The van der Waals surface area contributed by atoms with E-state index in [1.807, 2.05) is 17.5 Å². The Morgan fingerprint density at radius 1 is 1.48 bits per heavy atom. The van der Waals surface area contributed by atoms with Gasteiger partial charge in [-0.3, -0.25) is 9.20 Å². The van der Waals surface area contributed by atoms with E-state index in [4.69, 9.17) is 0 Å². The van der Waals surface area contributed by atoms with Crippen molar-refractivity contribution in [3.05, 3.63) is 29.3 Å². The number of rotatable bonds is 3. The second kappa shape index (κ2) is 4.65. The van der Waals surface area contributed by atoms with Crippen LogP contribution < -0.4 is 0 Å².